The number of methoxy groups -OCH3 is 1. The second kappa shape index (κ2) is 10.7. The van der Waals surface area contributed by atoms with Gasteiger partial charge in [-0.1, -0.05) is 6.07 Å². The number of hydrogen-bond acceptors (Lipinski definition) is 6. The van der Waals surface area contributed by atoms with Crippen molar-refractivity contribution in [2.24, 2.45) is 4.99 Å². The fourth-order valence-corrected chi connectivity index (χ4v) is 3.35. The van der Waals surface area contributed by atoms with E-state index in [1.807, 2.05) is 28.8 Å². The molecule has 1 aliphatic heterocycles. The Bertz CT molecular complexity index is 813. The molecule has 10 heteroatoms. The lowest BCUT2D eigenvalue weighted by atomic mass is 10.3. The van der Waals surface area contributed by atoms with Gasteiger partial charge in [0.1, 0.15) is 5.82 Å². The Hall–Kier alpha value is -2.72. The van der Waals surface area contributed by atoms with Crippen LogP contribution in [0.4, 0.5) is 0 Å². The molecule has 1 aliphatic rings. The Morgan fingerprint density at radius 1 is 1.17 bits per heavy atom. The second-order valence-corrected chi connectivity index (χ2v) is 6.88. The minimum absolute atomic E-state index is 0.0403. The van der Waals surface area contributed by atoms with Crippen LogP contribution in [0.2, 0.25) is 0 Å². The van der Waals surface area contributed by atoms with Crippen molar-refractivity contribution in [3.8, 4) is 0 Å². The Morgan fingerprint density at radius 2 is 2.00 bits per heavy atom. The van der Waals surface area contributed by atoms with Gasteiger partial charge in [-0.25, -0.2) is 0 Å². The molecule has 2 N–H and O–H groups in total. The van der Waals surface area contributed by atoms with Crippen molar-refractivity contribution < 1.29 is 9.53 Å². The van der Waals surface area contributed by atoms with Gasteiger partial charge in [-0.15, -0.1) is 10.2 Å². The normalized spacial score (nSPS) is 15.7. The van der Waals surface area contributed by atoms with E-state index in [4.69, 9.17) is 4.74 Å². The monoisotopic (exact) mass is 402 g/mol. The zero-order valence-electron chi connectivity index (χ0n) is 17.2. The van der Waals surface area contributed by atoms with Crippen molar-refractivity contribution in [1.29, 1.82) is 0 Å². The first kappa shape index (κ1) is 21.0. The smallest absolute Gasteiger partial charge is 0.234 e. The van der Waals surface area contributed by atoms with Crippen LogP contribution in [-0.2, 0) is 16.0 Å². The summed E-state index contributed by atoms with van der Waals surface area (Å²) in [6, 6.07) is 5.88. The number of piperazine rings is 1. The summed E-state index contributed by atoms with van der Waals surface area (Å²) in [5.74, 6) is 1.84. The molecule has 0 radical (unpaired) electrons. The Morgan fingerprint density at radius 3 is 2.76 bits per heavy atom. The number of ether oxygens (including phenoxy) is 1. The third-order valence-electron chi connectivity index (χ3n) is 4.90. The maximum Gasteiger partial charge on any atom is 0.234 e. The zero-order chi connectivity index (χ0) is 20.5. The zero-order valence-corrected chi connectivity index (χ0v) is 17.2. The average Bonchev–Trinajstić information content (AvgIpc) is 3.15. The van der Waals surface area contributed by atoms with Crippen LogP contribution in [-0.4, -0.2) is 103 Å². The summed E-state index contributed by atoms with van der Waals surface area (Å²) >= 11 is 0. The summed E-state index contributed by atoms with van der Waals surface area (Å²) in [4.78, 5) is 20.7. The molecule has 10 nitrogen and oxygen atoms in total. The van der Waals surface area contributed by atoms with E-state index in [0.29, 0.717) is 19.7 Å². The first-order valence-corrected chi connectivity index (χ1v) is 9.93. The van der Waals surface area contributed by atoms with Gasteiger partial charge in [-0.3, -0.25) is 19.1 Å². The van der Waals surface area contributed by atoms with Gasteiger partial charge in [0.2, 0.25) is 5.91 Å². The molecular weight excluding hydrogens is 372 g/mol. The predicted octanol–water partition coefficient (Wildman–Crippen LogP) is -0.773. The summed E-state index contributed by atoms with van der Waals surface area (Å²) in [6.07, 6.45) is 2.73. The first-order valence-electron chi connectivity index (χ1n) is 9.93. The third kappa shape index (κ3) is 5.88. The van der Waals surface area contributed by atoms with Crippen LogP contribution >= 0.6 is 0 Å². The van der Waals surface area contributed by atoms with Gasteiger partial charge >= 0.3 is 0 Å². The van der Waals surface area contributed by atoms with Crippen LogP contribution in [0.25, 0.3) is 5.65 Å². The standard InChI is InChI=1S/C19H30N8O2/c1-20-19(22-7-6-17-24-23-16-5-3-4-9-27(16)17)26-12-10-25(11-13-26)15-18(28)21-8-14-29-2/h3-5,9H,6-8,10-15H2,1-2H3,(H,20,22)(H,21,28). The molecule has 0 atom stereocenters. The average molecular weight is 403 g/mol. The number of pyridine rings is 1. The summed E-state index contributed by atoms with van der Waals surface area (Å²) in [7, 11) is 3.42. The minimum Gasteiger partial charge on any atom is -0.383 e. The summed E-state index contributed by atoms with van der Waals surface area (Å²) in [5.41, 5.74) is 0.856. The Balaban J connectivity index is 1.40. The lowest BCUT2D eigenvalue weighted by Gasteiger charge is -2.36. The number of rotatable bonds is 8. The molecule has 1 fully saturated rings. The molecule has 1 amide bonds. The maximum atomic E-state index is 11.9. The molecule has 158 valence electrons. The van der Waals surface area contributed by atoms with Crippen LogP contribution in [0.3, 0.4) is 0 Å². The van der Waals surface area contributed by atoms with E-state index in [2.05, 4.69) is 35.6 Å². The number of aromatic nitrogens is 3. The number of amides is 1. The van der Waals surface area contributed by atoms with Gasteiger partial charge in [-0.2, -0.15) is 0 Å². The summed E-state index contributed by atoms with van der Waals surface area (Å²) < 4.78 is 6.95. The van der Waals surface area contributed by atoms with E-state index in [0.717, 1.165) is 56.6 Å². The number of nitrogens with one attached hydrogen (secondary N) is 2. The molecule has 2 aromatic rings. The predicted molar refractivity (Wildman–Crippen MR) is 111 cm³/mol. The fourth-order valence-electron chi connectivity index (χ4n) is 3.35. The molecule has 0 aromatic carbocycles. The largest absolute Gasteiger partial charge is 0.383 e. The van der Waals surface area contributed by atoms with Crippen LogP contribution < -0.4 is 10.6 Å². The molecular formula is C19H30N8O2. The number of guanidine groups is 1. The highest BCUT2D eigenvalue weighted by molar-refractivity contribution is 5.80. The highest BCUT2D eigenvalue weighted by atomic mass is 16.5. The molecule has 2 aromatic heterocycles. The molecule has 0 saturated carbocycles. The van der Waals surface area contributed by atoms with Gasteiger partial charge in [-0.05, 0) is 12.1 Å². The maximum absolute atomic E-state index is 11.9. The van der Waals surface area contributed by atoms with E-state index in [9.17, 15) is 4.79 Å². The van der Waals surface area contributed by atoms with E-state index in [1.165, 1.54) is 0 Å². The van der Waals surface area contributed by atoms with Gasteiger partial charge in [0.05, 0.1) is 13.2 Å². The van der Waals surface area contributed by atoms with Crippen molar-refractivity contribution in [2.45, 2.75) is 6.42 Å². The molecule has 1 saturated heterocycles. The van der Waals surface area contributed by atoms with Crippen molar-refractivity contribution >= 4 is 17.5 Å². The lowest BCUT2D eigenvalue weighted by Crippen LogP contribution is -2.54. The van der Waals surface area contributed by atoms with E-state index < -0.39 is 0 Å². The molecule has 29 heavy (non-hydrogen) atoms. The van der Waals surface area contributed by atoms with Crippen LogP contribution in [0.15, 0.2) is 29.4 Å². The molecule has 0 aliphatic carbocycles. The van der Waals surface area contributed by atoms with E-state index >= 15 is 0 Å². The van der Waals surface area contributed by atoms with E-state index in [-0.39, 0.29) is 5.91 Å². The van der Waals surface area contributed by atoms with Gasteiger partial charge in [0.15, 0.2) is 11.6 Å². The molecule has 0 unspecified atom stereocenters. The van der Waals surface area contributed by atoms with Crippen LogP contribution in [0, 0.1) is 0 Å². The van der Waals surface area contributed by atoms with E-state index in [1.54, 1.807) is 14.2 Å². The molecule has 0 bridgehead atoms. The fraction of sp³-hybridized carbons (Fsp3) is 0.579. The number of carbonyl (C=O) groups is 1. The number of aliphatic imine (C=N–C) groups is 1. The quantitative estimate of drug-likeness (QED) is 0.340. The van der Waals surface area contributed by atoms with Gasteiger partial charge in [0.25, 0.3) is 0 Å². The first-order chi connectivity index (χ1) is 14.2. The highest BCUT2D eigenvalue weighted by Gasteiger charge is 2.21. The van der Waals surface area contributed by atoms with Crippen molar-refractivity contribution in [3.05, 3.63) is 30.2 Å². The number of carbonyl (C=O) groups excluding carboxylic acids is 1. The lowest BCUT2D eigenvalue weighted by molar-refractivity contribution is -0.122. The number of hydrogen-bond donors (Lipinski definition) is 2. The summed E-state index contributed by atoms with van der Waals surface area (Å²) in [5, 5.41) is 14.7. The Kier molecular flexibility index (Phi) is 7.77. The SMILES string of the molecule is CN=C(NCCc1nnc2ccccn12)N1CCN(CC(=O)NCCOC)CC1. The van der Waals surface area contributed by atoms with Crippen molar-refractivity contribution in [2.75, 3.05) is 66.6 Å². The third-order valence-corrected chi connectivity index (χ3v) is 4.90. The number of fused-ring (bicyclic) bond motifs is 1. The minimum atomic E-state index is 0.0403. The van der Waals surface area contributed by atoms with Crippen molar-refractivity contribution in [3.63, 3.8) is 0 Å². The van der Waals surface area contributed by atoms with Crippen LogP contribution in [0.5, 0.6) is 0 Å². The van der Waals surface area contributed by atoms with Gasteiger partial charge < -0.3 is 20.3 Å². The topological polar surface area (TPSA) is 99.4 Å². The molecule has 0 spiro atoms. The summed E-state index contributed by atoms with van der Waals surface area (Å²) in [6.45, 7) is 5.55. The second-order valence-electron chi connectivity index (χ2n) is 6.88. The van der Waals surface area contributed by atoms with Gasteiger partial charge in [0, 0.05) is 66.0 Å². The number of nitrogens with zero attached hydrogens (tertiary/aromatic N) is 6. The highest BCUT2D eigenvalue weighted by Crippen LogP contribution is 2.04. The van der Waals surface area contributed by atoms with Crippen LogP contribution in [0.1, 0.15) is 5.82 Å². The Labute approximate surface area is 170 Å². The van der Waals surface area contributed by atoms with Crippen molar-refractivity contribution in [1.82, 2.24) is 35.0 Å². The molecule has 3 rings (SSSR count). The molecule has 3 heterocycles.